The molecular weight excluding hydrogens is 821 g/mol. The minimum Gasteiger partial charge on any atom is -0.299 e. The van der Waals surface area contributed by atoms with Gasteiger partial charge in [-0.2, -0.15) is 0 Å². The minimum absolute atomic E-state index is 0.00278. The largest absolute Gasteiger partial charge is 0.299 e. The smallest absolute Gasteiger partial charge is 0.137 e. The van der Waals surface area contributed by atoms with Crippen molar-refractivity contribution in [2.75, 3.05) is 0 Å². The van der Waals surface area contributed by atoms with Crippen molar-refractivity contribution in [2.45, 2.75) is 36.5 Å². The van der Waals surface area contributed by atoms with Crippen molar-refractivity contribution in [1.29, 1.82) is 0 Å². The molecule has 2 bridgehead atoms. The Morgan fingerprint density at radius 2 is 0.397 bits per heavy atom. The molecule has 1 nitrogen and oxygen atoms in total. The lowest BCUT2D eigenvalue weighted by Crippen LogP contribution is -2.63. The van der Waals surface area contributed by atoms with Crippen LogP contribution in [0.3, 0.4) is 0 Å². The molecule has 0 N–H and O–H groups in total. The lowest BCUT2D eigenvalue weighted by Gasteiger charge is -2.62. The second-order valence-corrected chi connectivity index (χ2v) is 26.2. The van der Waals surface area contributed by atoms with Crippen molar-refractivity contribution in [3.8, 4) is 0 Å². The number of rotatable bonds is 0. The van der Waals surface area contributed by atoms with Crippen molar-refractivity contribution in [2.24, 2.45) is 11.8 Å². The number of ketones is 1. The lowest BCUT2D eigenvalue weighted by molar-refractivity contribution is -0.130. The summed E-state index contributed by atoms with van der Waals surface area (Å²) in [5, 5.41) is 89.2. The highest BCUT2D eigenvalue weighted by Gasteiger charge is 2.76. The summed E-state index contributed by atoms with van der Waals surface area (Å²) >= 11 is 0. The number of hydrogen-bond donors (Lipinski definition) is 0. The van der Waals surface area contributed by atoms with Gasteiger partial charge in [0.25, 0.3) is 0 Å². The zero-order chi connectivity index (χ0) is 40.0. The van der Waals surface area contributed by atoms with Gasteiger partial charge in [0.1, 0.15) is 5.78 Å². The Bertz CT molecular complexity index is 6990. The van der Waals surface area contributed by atoms with Crippen molar-refractivity contribution in [1.82, 2.24) is 0 Å². The van der Waals surface area contributed by atoms with Gasteiger partial charge in [0, 0.05) is 23.2 Å². The van der Waals surface area contributed by atoms with E-state index < -0.39 is 5.41 Å². The maximum absolute atomic E-state index is 16.0. The van der Waals surface area contributed by atoms with Crippen LogP contribution in [0.25, 0.3) is 291 Å². The van der Waals surface area contributed by atoms with E-state index in [0.717, 1.165) is 12.8 Å². The fraction of sp³-hybridized carbons (Fsp3) is 0.119. The molecule has 68 heavy (non-hydrogen) atoms. The summed E-state index contributed by atoms with van der Waals surface area (Å²) in [5.41, 5.74) is 6.26. The topological polar surface area (TPSA) is 17.1 Å². The van der Waals surface area contributed by atoms with E-state index in [1.165, 1.54) is 12.8 Å². The molecule has 0 amide bonds. The van der Waals surface area contributed by atoms with Crippen molar-refractivity contribution in [3.05, 3.63) is 22.3 Å². The SMILES string of the molecule is O=C1C[C@H]2CCC[C@@H]1C13c4c5c6c7c8c9c(c%10c%11c1c1c4c4c%12c5c5c6c6c8c8c%13c9c9c%10c%10c%11c%11c1c1c4c4c%12c%12c5c5c6c8c6c8c%13c9c9c%10c%10c%11c1c1c4c4c%12c5c6c5c8c9c%10c1c45)C723. The fourth-order valence-electron chi connectivity index (χ4n) is 26.8. The van der Waals surface area contributed by atoms with Gasteiger partial charge < -0.3 is 0 Å². The maximum atomic E-state index is 16.0. The Hall–Kier alpha value is -7.87. The molecule has 28 aromatic carbocycles. The van der Waals surface area contributed by atoms with Crippen LogP contribution < -0.4 is 0 Å². The molecule has 284 valence electrons. The molecule has 0 aromatic heterocycles. The van der Waals surface area contributed by atoms with Crippen LogP contribution in [0, 0.1) is 11.8 Å². The third-order valence-electron chi connectivity index (χ3n) is 26.5. The summed E-state index contributed by atoms with van der Waals surface area (Å²) < 4.78 is 0. The predicted octanol–water partition coefficient (Wildman–Crippen LogP) is 17.7. The molecule has 35 rings (SSSR count). The van der Waals surface area contributed by atoms with Crippen LogP contribution in [-0.2, 0) is 15.6 Å². The van der Waals surface area contributed by atoms with E-state index in [1.54, 1.807) is 313 Å². The van der Waals surface area contributed by atoms with Gasteiger partial charge in [0.05, 0.1) is 0 Å². The van der Waals surface area contributed by atoms with Gasteiger partial charge in [-0.15, -0.1) is 0 Å². The molecule has 3 fully saturated rings. The van der Waals surface area contributed by atoms with Crippen LogP contribution in [0.4, 0.5) is 0 Å². The van der Waals surface area contributed by atoms with Gasteiger partial charge in [-0.1, -0.05) is 6.42 Å². The predicted molar refractivity (Wildman–Crippen MR) is 284 cm³/mol. The maximum Gasteiger partial charge on any atom is 0.137 e. The van der Waals surface area contributed by atoms with Crippen LogP contribution in [0.2, 0.25) is 0 Å². The number of carbonyl (C=O) groups excluding carboxylic acids is 1. The standard InChI is InChI=1S/C67H10O/c68-7-4-5-2-1-3-6(7)67-64-58-52-42-34-24-16-12-9-8-10-14(16)22-30(24)44(52)50-40-32(22)26-18(10)19-11(8)15-17-13(9)21-20(12)28(34)38-39-29(21)35-25(17)31-23(15)33-27(19)37-36(26)46(40)54-55-47(37)41(33)51-45(31)53-43(35)49(39)61(60(64)48(38)42)65(67)59(53)57(51)63(55)66(5,67)62(54)56(50)58/h5-6H,1-4H2/t5-,6+,66?,67?/m1/s1. The van der Waals surface area contributed by atoms with Gasteiger partial charge in [0.15, 0.2) is 0 Å². The molecule has 2 atom stereocenters. The third kappa shape index (κ3) is 1.24. The van der Waals surface area contributed by atoms with Crippen LogP contribution in [0.1, 0.15) is 47.9 Å². The third-order valence-corrected chi connectivity index (χ3v) is 26.5. The van der Waals surface area contributed by atoms with E-state index in [0.29, 0.717) is 11.7 Å². The molecular formula is C67H10O. The van der Waals surface area contributed by atoms with E-state index in [2.05, 4.69) is 0 Å². The zero-order valence-corrected chi connectivity index (χ0v) is 34.9. The Morgan fingerprint density at radius 3 is 0.603 bits per heavy atom. The Kier molecular flexibility index (Phi) is 1.99. The van der Waals surface area contributed by atoms with Gasteiger partial charge in [-0.05, 0) is 332 Å². The zero-order valence-electron chi connectivity index (χ0n) is 34.9. The summed E-state index contributed by atoms with van der Waals surface area (Å²) in [6, 6.07) is 0. The van der Waals surface area contributed by atoms with Crippen LogP contribution in [0.5, 0.6) is 0 Å². The molecule has 3 saturated carbocycles. The van der Waals surface area contributed by atoms with E-state index in [9.17, 15) is 0 Å². The highest BCUT2D eigenvalue weighted by Crippen LogP contribution is 2.87. The van der Waals surface area contributed by atoms with Gasteiger partial charge in [0.2, 0.25) is 0 Å². The monoisotopic (exact) mass is 830 g/mol. The van der Waals surface area contributed by atoms with E-state index >= 15 is 4.79 Å². The molecule has 0 heterocycles. The van der Waals surface area contributed by atoms with E-state index in [-0.39, 0.29) is 11.3 Å². The summed E-state index contributed by atoms with van der Waals surface area (Å²) in [4.78, 5) is 16.0. The second kappa shape index (κ2) is 5.47. The first-order valence-electron chi connectivity index (χ1n) is 26.1. The number of benzene rings is 18. The highest BCUT2D eigenvalue weighted by atomic mass is 16.1. The molecule has 7 aliphatic rings. The van der Waals surface area contributed by atoms with Gasteiger partial charge in [-0.3, -0.25) is 4.79 Å². The first-order chi connectivity index (χ1) is 33.9. The van der Waals surface area contributed by atoms with Crippen molar-refractivity contribution in [3.63, 3.8) is 0 Å². The number of Topliss-reactive ketones (excluding diaryl/α,β-unsaturated/α-hetero) is 1. The Balaban J connectivity index is 1.24. The van der Waals surface area contributed by atoms with E-state index in [4.69, 9.17) is 0 Å². The average molecular weight is 831 g/mol. The Morgan fingerprint density at radius 1 is 0.221 bits per heavy atom. The van der Waals surface area contributed by atoms with Crippen LogP contribution in [0.15, 0.2) is 0 Å². The molecule has 0 unspecified atom stereocenters. The first-order valence-corrected chi connectivity index (χ1v) is 26.1. The normalized spacial score (nSPS) is 26.1. The molecule has 2 spiro atoms. The first kappa shape index (κ1) is 24.8. The summed E-state index contributed by atoms with van der Waals surface area (Å²) in [6.07, 6.45) is 4.13. The molecule has 28 aromatic rings. The molecule has 0 aliphatic heterocycles. The van der Waals surface area contributed by atoms with Crippen LogP contribution in [-0.4, -0.2) is 5.78 Å². The lowest BCUT2D eigenvalue weighted by atomic mass is 9.38. The van der Waals surface area contributed by atoms with Gasteiger partial charge >= 0.3 is 0 Å². The summed E-state index contributed by atoms with van der Waals surface area (Å²) in [7, 11) is 0. The minimum atomic E-state index is -0.394. The summed E-state index contributed by atoms with van der Waals surface area (Å²) in [5.74, 6) is 0.900. The van der Waals surface area contributed by atoms with Gasteiger partial charge in [-0.25, -0.2) is 0 Å². The van der Waals surface area contributed by atoms with Crippen molar-refractivity contribution >= 4 is 297 Å². The molecule has 0 radical (unpaired) electrons. The number of carbonyl (C=O) groups is 1. The summed E-state index contributed by atoms with van der Waals surface area (Å²) in [6.45, 7) is 0. The van der Waals surface area contributed by atoms with E-state index in [1.807, 2.05) is 0 Å². The molecule has 7 aliphatic carbocycles. The second-order valence-electron chi connectivity index (χ2n) is 26.2. The fourth-order valence-corrected chi connectivity index (χ4v) is 26.8. The average Bonchev–Trinajstić information content (AvgIpc) is 4.22. The molecule has 0 saturated heterocycles. The van der Waals surface area contributed by atoms with Crippen molar-refractivity contribution < 1.29 is 4.79 Å². The number of hydrogen-bond acceptors (Lipinski definition) is 1. The highest BCUT2D eigenvalue weighted by molar-refractivity contribution is 6.82. The Labute approximate surface area is 370 Å². The molecule has 1 heteroatoms. The van der Waals surface area contributed by atoms with Crippen LogP contribution >= 0.6 is 0 Å². The number of fused-ring (bicyclic) bond motifs is 3. The quantitative estimate of drug-likeness (QED) is 0.139.